The second-order valence-electron chi connectivity index (χ2n) is 10.5. The fourth-order valence-electron chi connectivity index (χ4n) is 6.69. The van der Waals surface area contributed by atoms with Gasteiger partial charge in [-0.25, -0.2) is 0 Å². The van der Waals surface area contributed by atoms with Gasteiger partial charge in [-0.3, -0.25) is 0 Å². The molecule has 0 N–H and O–H groups in total. The van der Waals surface area contributed by atoms with E-state index in [4.69, 9.17) is 0 Å². The second-order valence-corrected chi connectivity index (χ2v) is 92.0. The Morgan fingerprint density at radius 1 is 0.643 bits per heavy atom. The van der Waals surface area contributed by atoms with E-state index in [2.05, 4.69) is 97.1 Å². The summed E-state index contributed by atoms with van der Waals surface area (Å²) < 4.78 is 7.17. The van der Waals surface area contributed by atoms with Crippen LogP contribution in [0.3, 0.4) is 0 Å². The van der Waals surface area contributed by atoms with Crippen LogP contribution in [0.5, 0.6) is 0 Å². The van der Waals surface area contributed by atoms with Crippen LogP contribution in [0.25, 0.3) is 11.1 Å². The third kappa shape index (κ3) is 2.51. The van der Waals surface area contributed by atoms with Crippen molar-refractivity contribution in [2.45, 2.75) is 55.9 Å². The molecule has 28 heavy (non-hydrogen) atoms. The van der Waals surface area contributed by atoms with Gasteiger partial charge in [0.15, 0.2) is 0 Å². The van der Waals surface area contributed by atoms with Crippen molar-refractivity contribution in [3.63, 3.8) is 0 Å². The molecule has 0 radical (unpaired) electrons. The Morgan fingerprint density at radius 2 is 1.00 bits per heavy atom. The van der Waals surface area contributed by atoms with E-state index in [1.54, 1.807) is 33.4 Å². The Kier molecular flexibility index (Phi) is 4.91. The zero-order valence-corrected chi connectivity index (χ0v) is 24.9. The Hall–Kier alpha value is -0.667. The molecule has 2 aromatic rings. The summed E-state index contributed by atoms with van der Waals surface area (Å²) in [5.41, 5.74) is 12.9. The third-order valence-electron chi connectivity index (χ3n) is 9.04. The second kappa shape index (κ2) is 6.67. The van der Waals surface area contributed by atoms with Gasteiger partial charge in [0.05, 0.1) is 0 Å². The minimum atomic E-state index is -3.43. The van der Waals surface area contributed by atoms with Crippen molar-refractivity contribution in [1.29, 1.82) is 0 Å². The van der Waals surface area contributed by atoms with Crippen LogP contribution in [-0.4, -0.2) is 10.6 Å². The molecule has 0 aromatic heterocycles. The summed E-state index contributed by atoms with van der Waals surface area (Å²) in [5.74, 6) is 5.44. The summed E-state index contributed by atoms with van der Waals surface area (Å²) in [5, 5.41) is 0. The number of allylic oxidation sites excluding steroid dienone is 4. The van der Waals surface area contributed by atoms with Crippen LogP contribution in [0.15, 0.2) is 59.7 Å². The number of hydrogen-bond donors (Lipinski definition) is 0. The predicted molar refractivity (Wildman–Crippen MR) is 126 cm³/mol. The number of rotatable bonds is 3. The Balaban J connectivity index is 2.05. The third-order valence-corrected chi connectivity index (χ3v) is 115. The van der Waals surface area contributed by atoms with Gasteiger partial charge in [-0.1, -0.05) is 0 Å². The van der Waals surface area contributed by atoms with Gasteiger partial charge in [-0.05, 0) is 0 Å². The van der Waals surface area contributed by atoms with Gasteiger partial charge in [-0.2, -0.15) is 0 Å². The number of benzene rings is 2. The Morgan fingerprint density at radius 3 is 1.36 bits per heavy atom. The molecule has 0 aliphatic heterocycles. The summed E-state index contributed by atoms with van der Waals surface area (Å²) in [6, 6.07) is 18.7. The number of hydrogen-bond acceptors (Lipinski definition) is 0. The van der Waals surface area contributed by atoms with Crippen molar-refractivity contribution in [1.82, 2.24) is 0 Å². The van der Waals surface area contributed by atoms with E-state index in [0.29, 0.717) is 7.35 Å². The SMILES string of the molecule is CC1=C(C)[CH]([Hf]([CH3])([CH3])([CH]2C(C)=C(C)c3ccccc32)[GeH]([CH3])[CH3])c2ccccc21. The van der Waals surface area contributed by atoms with Crippen molar-refractivity contribution >= 4 is 21.8 Å². The van der Waals surface area contributed by atoms with E-state index in [0.717, 1.165) is 0 Å². The first-order valence-corrected chi connectivity index (χ1v) is 39.0. The molecule has 2 heteroatoms. The molecule has 2 aromatic carbocycles. The molecular weight excluding hydrogens is 563 g/mol. The molecule has 0 saturated carbocycles. The van der Waals surface area contributed by atoms with Crippen molar-refractivity contribution < 1.29 is 16.0 Å². The average Bonchev–Trinajstić information content (AvgIpc) is 3.08. The monoisotopic (exact) mass is 601 g/mol. The molecule has 2 unspecified atom stereocenters. The first kappa shape index (κ1) is 20.6. The van der Waals surface area contributed by atoms with Crippen LogP contribution in [0.2, 0.25) is 20.9 Å². The van der Waals surface area contributed by atoms with Gasteiger partial charge >= 0.3 is 176 Å². The molecule has 2 aliphatic carbocycles. The molecule has 2 aliphatic rings. The fourth-order valence-corrected chi connectivity index (χ4v) is 70.6. The summed E-state index contributed by atoms with van der Waals surface area (Å²) >= 11 is -3.43. The molecule has 0 fully saturated rings. The topological polar surface area (TPSA) is 0 Å². The zero-order valence-electron chi connectivity index (χ0n) is 18.9. The first-order valence-electron chi connectivity index (χ1n) is 10.8. The van der Waals surface area contributed by atoms with Crippen LogP contribution in [0, 0.1) is 0 Å². The molecular formula is C26H35GeHf. The van der Waals surface area contributed by atoms with Gasteiger partial charge in [-0.15, -0.1) is 0 Å². The molecule has 0 nitrogen and oxygen atoms in total. The van der Waals surface area contributed by atoms with E-state index >= 15 is 0 Å². The molecule has 0 amide bonds. The average molecular weight is 599 g/mol. The van der Waals surface area contributed by atoms with Crippen LogP contribution in [0.4, 0.5) is 0 Å². The minimum absolute atomic E-state index is 0.715. The van der Waals surface area contributed by atoms with Gasteiger partial charge < -0.3 is 0 Å². The normalized spacial score (nSPS) is 23.1. The maximum absolute atomic E-state index is 3.43. The molecule has 147 valence electrons. The molecule has 0 heterocycles. The number of fused-ring (bicyclic) bond motifs is 2. The molecule has 4 rings (SSSR count). The van der Waals surface area contributed by atoms with Crippen LogP contribution in [0.1, 0.15) is 57.3 Å². The Labute approximate surface area is 174 Å². The van der Waals surface area contributed by atoms with Crippen LogP contribution >= 0.6 is 0 Å². The van der Waals surface area contributed by atoms with E-state index in [1.165, 1.54) is 11.1 Å². The van der Waals surface area contributed by atoms with Gasteiger partial charge in [0, 0.05) is 0 Å². The van der Waals surface area contributed by atoms with Gasteiger partial charge in [0.1, 0.15) is 0 Å². The summed E-state index contributed by atoms with van der Waals surface area (Å²) in [6.07, 6.45) is 0. The van der Waals surface area contributed by atoms with Crippen LogP contribution in [-0.2, 0) is 16.0 Å². The van der Waals surface area contributed by atoms with Crippen molar-refractivity contribution in [2.24, 2.45) is 0 Å². The maximum atomic E-state index is 2.87. The van der Waals surface area contributed by atoms with Crippen molar-refractivity contribution in [3.05, 3.63) is 81.9 Å². The van der Waals surface area contributed by atoms with Crippen LogP contribution < -0.4 is 0 Å². The summed E-state index contributed by atoms with van der Waals surface area (Å²) in [4.78, 5) is 0. The predicted octanol–water partition coefficient (Wildman–Crippen LogP) is 7.85. The first-order chi connectivity index (χ1) is 13.1. The van der Waals surface area contributed by atoms with Gasteiger partial charge in [0.25, 0.3) is 0 Å². The van der Waals surface area contributed by atoms with Crippen molar-refractivity contribution in [2.75, 3.05) is 0 Å². The van der Waals surface area contributed by atoms with E-state index in [-0.39, 0.29) is 0 Å². The molecule has 2 atom stereocenters. The standard InChI is InChI=1S/2C11H11.C2H7Ge.2CH3.Hf/c2*1-8-7-10-5-3-4-6-11(10)9(8)2;1-3-2;;;/h2*3-7H,1-2H3;3H,1-2H3;2*1H3;. The van der Waals surface area contributed by atoms with Crippen molar-refractivity contribution in [3.8, 4) is 0 Å². The summed E-state index contributed by atoms with van der Waals surface area (Å²) in [7, 11) is -1.50. The fraction of sp³-hybridized carbons (Fsp3) is 0.385. The van der Waals surface area contributed by atoms with Gasteiger partial charge in [0.2, 0.25) is 0 Å². The summed E-state index contributed by atoms with van der Waals surface area (Å²) in [6.45, 7) is 9.66. The zero-order chi connectivity index (χ0) is 20.5. The van der Waals surface area contributed by atoms with E-state index in [9.17, 15) is 0 Å². The molecule has 0 saturated heterocycles. The quantitative estimate of drug-likeness (QED) is 0.316. The van der Waals surface area contributed by atoms with E-state index in [1.807, 2.05) is 0 Å². The van der Waals surface area contributed by atoms with E-state index < -0.39 is 26.7 Å². The Bertz CT molecular complexity index is 960. The molecule has 0 bridgehead atoms. The molecule has 0 spiro atoms.